The standard InChI is InChI=1S/C27H39N5O4S/c1-19(2)36-25-7-9-26(10-8-25)37(34,35)32(23-5-6-23)24-11-14-31(15-12-24)16-13-28-27(33)30-22-17-20(3)29-21(4)18-22/h7-10,17-19,23-24H,5-6,11-16H2,1-4H3,(H2,28,29,30,33). The number of hydrogen-bond donors (Lipinski definition) is 2. The molecule has 1 aliphatic heterocycles. The number of nitrogens with one attached hydrogen (secondary N) is 2. The fourth-order valence-corrected chi connectivity index (χ4v) is 6.84. The highest BCUT2D eigenvalue weighted by atomic mass is 32.2. The molecule has 2 heterocycles. The molecule has 37 heavy (non-hydrogen) atoms. The normalized spacial score (nSPS) is 17.2. The molecule has 1 saturated carbocycles. The van der Waals surface area contributed by atoms with Crippen molar-refractivity contribution in [3.63, 3.8) is 0 Å². The lowest BCUT2D eigenvalue weighted by Crippen LogP contribution is -2.49. The van der Waals surface area contributed by atoms with E-state index in [2.05, 4.69) is 20.5 Å². The van der Waals surface area contributed by atoms with Gasteiger partial charge >= 0.3 is 6.03 Å². The summed E-state index contributed by atoms with van der Waals surface area (Å²) < 4.78 is 34.6. The molecule has 2 fully saturated rings. The van der Waals surface area contributed by atoms with Crippen molar-refractivity contribution in [3.05, 3.63) is 47.8 Å². The largest absolute Gasteiger partial charge is 0.491 e. The first-order valence-electron chi connectivity index (χ1n) is 13.1. The number of benzene rings is 1. The van der Waals surface area contributed by atoms with Gasteiger partial charge in [-0.3, -0.25) is 4.98 Å². The Labute approximate surface area is 220 Å². The molecule has 2 amide bonds. The number of aromatic nitrogens is 1. The van der Waals surface area contributed by atoms with Crippen LogP contribution in [0, 0.1) is 13.8 Å². The van der Waals surface area contributed by atoms with Crippen LogP contribution in [-0.2, 0) is 10.0 Å². The zero-order chi connectivity index (χ0) is 26.6. The van der Waals surface area contributed by atoms with E-state index in [0.29, 0.717) is 17.2 Å². The molecule has 2 aliphatic rings. The lowest BCUT2D eigenvalue weighted by Gasteiger charge is -2.38. The van der Waals surface area contributed by atoms with Gasteiger partial charge in [0.25, 0.3) is 0 Å². The predicted molar refractivity (Wildman–Crippen MR) is 144 cm³/mol. The number of rotatable bonds is 10. The second-order valence-electron chi connectivity index (χ2n) is 10.3. The van der Waals surface area contributed by atoms with Crippen molar-refractivity contribution in [3.8, 4) is 5.75 Å². The first-order chi connectivity index (χ1) is 17.6. The third-order valence-electron chi connectivity index (χ3n) is 6.65. The van der Waals surface area contributed by atoms with Gasteiger partial charge in [0.05, 0.1) is 11.0 Å². The highest BCUT2D eigenvalue weighted by Gasteiger charge is 2.43. The molecule has 0 atom stereocenters. The molecule has 0 spiro atoms. The van der Waals surface area contributed by atoms with Gasteiger partial charge in [-0.15, -0.1) is 0 Å². The van der Waals surface area contributed by atoms with Crippen LogP contribution in [0.15, 0.2) is 41.3 Å². The number of likely N-dealkylation sites (tertiary alicyclic amines) is 1. The smallest absolute Gasteiger partial charge is 0.319 e. The van der Waals surface area contributed by atoms with Crippen molar-refractivity contribution >= 4 is 21.7 Å². The number of carbonyl (C=O) groups is 1. The van der Waals surface area contributed by atoms with Crippen LogP contribution in [0.25, 0.3) is 0 Å². The molecule has 2 N–H and O–H groups in total. The monoisotopic (exact) mass is 529 g/mol. The maximum absolute atomic E-state index is 13.6. The molecule has 0 bridgehead atoms. The molecule has 202 valence electrons. The number of nitrogens with zero attached hydrogens (tertiary/aromatic N) is 3. The molecule has 4 rings (SSSR count). The van der Waals surface area contributed by atoms with E-state index in [1.165, 1.54) is 0 Å². The summed E-state index contributed by atoms with van der Waals surface area (Å²) in [5, 5.41) is 5.77. The van der Waals surface area contributed by atoms with Gasteiger partial charge in [-0.25, -0.2) is 13.2 Å². The number of carbonyl (C=O) groups excluding carboxylic acids is 1. The first-order valence-corrected chi connectivity index (χ1v) is 14.6. The van der Waals surface area contributed by atoms with Gasteiger partial charge < -0.3 is 20.3 Å². The predicted octanol–water partition coefficient (Wildman–Crippen LogP) is 3.92. The quantitative estimate of drug-likeness (QED) is 0.484. The van der Waals surface area contributed by atoms with Crippen molar-refractivity contribution in [2.45, 2.75) is 76.5 Å². The van der Waals surface area contributed by atoms with E-state index < -0.39 is 10.0 Å². The number of amides is 2. The van der Waals surface area contributed by atoms with Crippen LogP contribution in [0.1, 0.15) is 50.9 Å². The average Bonchev–Trinajstić information content (AvgIpc) is 3.64. The Bertz CT molecular complexity index is 1150. The SMILES string of the molecule is Cc1cc(NC(=O)NCCN2CCC(N(C3CC3)S(=O)(=O)c3ccc(OC(C)C)cc3)CC2)cc(C)n1. The second kappa shape index (κ2) is 11.8. The van der Waals surface area contributed by atoms with Crippen LogP contribution in [0.4, 0.5) is 10.5 Å². The van der Waals surface area contributed by atoms with Crippen molar-refractivity contribution in [1.82, 2.24) is 19.5 Å². The number of ether oxygens (including phenoxy) is 1. The summed E-state index contributed by atoms with van der Waals surface area (Å²) in [4.78, 5) is 19.2. The minimum absolute atomic E-state index is 0.00484. The molecule has 1 saturated heterocycles. The topological polar surface area (TPSA) is 104 Å². The van der Waals surface area contributed by atoms with Crippen molar-refractivity contribution in [2.24, 2.45) is 0 Å². The van der Waals surface area contributed by atoms with E-state index in [1.807, 2.05) is 39.8 Å². The Balaban J connectivity index is 1.27. The molecular weight excluding hydrogens is 490 g/mol. The van der Waals surface area contributed by atoms with E-state index >= 15 is 0 Å². The van der Waals surface area contributed by atoms with Gasteiger partial charge in [-0.2, -0.15) is 4.31 Å². The Morgan fingerprint density at radius 2 is 1.65 bits per heavy atom. The van der Waals surface area contributed by atoms with Gasteiger partial charge in [0, 0.05) is 42.2 Å². The van der Waals surface area contributed by atoms with Gasteiger partial charge in [-0.1, -0.05) is 0 Å². The van der Waals surface area contributed by atoms with Crippen LogP contribution in [-0.4, -0.2) is 73.0 Å². The number of anilines is 1. The molecule has 2 aromatic rings. The minimum atomic E-state index is -3.57. The fraction of sp³-hybridized carbons (Fsp3) is 0.556. The second-order valence-corrected chi connectivity index (χ2v) is 12.1. The third-order valence-corrected chi connectivity index (χ3v) is 8.67. The number of aryl methyl sites for hydroxylation is 2. The summed E-state index contributed by atoms with van der Waals surface area (Å²) in [7, 11) is -3.57. The molecular formula is C27H39N5O4S. The van der Waals surface area contributed by atoms with E-state index in [0.717, 1.165) is 62.4 Å². The lowest BCUT2D eigenvalue weighted by molar-refractivity contribution is 0.156. The Hall–Kier alpha value is -2.69. The van der Waals surface area contributed by atoms with Crippen LogP contribution >= 0.6 is 0 Å². The number of sulfonamides is 1. The number of urea groups is 1. The van der Waals surface area contributed by atoms with Gasteiger partial charge in [0.1, 0.15) is 5.75 Å². The molecule has 1 aromatic carbocycles. The molecule has 0 unspecified atom stereocenters. The van der Waals surface area contributed by atoms with E-state index in [-0.39, 0.29) is 24.2 Å². The van der Waals surface area contributed by atoms with Gasteiger partial charge in [0.15, 0.2) is 0 Å². The zero-order valence-corrected chi connectivity index (χ0v) is 23.1. The van der Waals surface area contributed by atoms with Gasteiger partial charge in [-0.05, 0) is 103 Å². The highest BCUT2D eigenvalue weighted by Crippen LogP contribution is 2.37. The minimum Gasteiger partial charge on any atom is -0.491 e. The van der Waals surface area contributed by atoms with Crippen molar-refractivity contribution in [2.75, 3.05) is 31.5 Å². The molecule has 0 radical (unpaired) electrons. The maximum Gasteiger partial charge on any atom is 0.319 e. The van der Waals surface area contributed by atoms with Crippen LogP contribution in [0.2, 0.25) is 0 Å². The Morgan fingerprint density at radius 1 is 1.05 bits per heavy atom. The Kier molecular flexibility index (Phi) is 8.71. The summed E-state index contributed by atoms with van der Waals surface area (Å²) in [6.45, 7) is 10.5. The van der Waals surface area contributed by atoms with Crippen LogP contribution < -0.4 is 15.4 Å². The van der Waals surface area contributed by atoms with Crippen molar-refractivity contribution < 1.29 is 17.9 Å². The van der Waals surface area contributed by atoms with E-state index in [1.54, 1.807) is 28.6 Å². The number of hydrogen-bond acceptors (Lipinski definition) is 6. The van der Waals surface area contributed by atoms with Crippen LogP contribution in [0.3, 0.4) is 0 Å². The van der Waals surface area contributed by atoms with E-state index in [9.17, 15) is 13.2 Å². The third kappa shape index (κ3) is 7.43. The van der Waals surface area contributed by atoms with Gasteiger partial charge in [0.2, 0.25) is 10.0 Å². The zero-order valence-electron chi connectivity index (χ0n) is 22.2. The summed E-state index contributed by atoms with van der Waals surface area (Å²) in [6.07, 6.45) is 3.45. The summed E-state index contributed by atoms with van der Waals surface area (Å²) in [5.41, 5.74) is 2.45. The van der Waals surface area contributed by atoms with Crippen molar-refractivity contribution in [1.29, 1.82) is 0 Å². The number of pyridine rings is 1. The molecule has 1 aliphatic carbocycles. The van der Waals surface area contributed by atoms with E-state index in [4.69, 9.17) is 4.74 Å². The summed E-state index contributed by atoms with van der Waals surface area (Å²) in [6, 6.07) is 10.3. The average molecular weight is 530 g/mol. The molecule has 1 aromatic heterocycles. The highest BCUT2D eigenvalue weighted by molar-refractivity contribution is 7.89. The molecule has 10 heteroatoms. The lowest BCUT2D eigenvalue weighted by atomic mass is 10.0. The molecule has 9 nitrogen and oxygen atoms in total. The summed E-state index contributed by atoms with van der Waals surface area (Å²) in [5.74, 6) is 0.675. The Morgan fingerprint density at radius 3 is 2.22 bits per heavy atom. The summed E-state index contributed by atoms with van der Waals surface area (Å²) >= 11 is 0. The number of piperidine rings is 1. The maximum atomic E-state index is 13.6. The van der Waals surface area contributed by atoms with Crippen LogP contribution in [0.5, 0.6) is 5.75 Å². The fourth-order valence-electron chi connectivity index (χ4n) is 4.91. The first kappa shape index (κ1) is 27.3.